The highest BCUT2D eigenvalue weighted by Crippen LogP contribution is 2.33. The predicted molar refractivity (Wildman–Crippen MR) is 104 cm³/mol. The van der Waals surface area contributed by atoms with Crippen LogP contribution in [-0.4, -0.2) is 5.11 Å². The Bertz CT molecular complexity index is 740. The summed E-state index contributed by atoms with van der Waals surface area (Å²) in [4.78, 5) is 0. The van der Waals surface area contributed by atoms with Crippen LogP contribution in [0.4, 0.5) is 0 Å². The van der Waals surface area contributed by atoms with Crippen LogP contribution in [0.2, 0.25) is 0 Å². The first-order chi connectivity index (χ1) is 10.9. The maximum Gasteiger partial charge on any atom is 0.122 e. The van der Waals surface area contributed by atoms with Crippen molar-refractivity contribution in [1.29, 1.82) is 0 Å². The molecule has 0 aliphatic rings. The minimum Gasteiger partial charge on any atom is -0.507 e. The topological polar surface area (TPSA) is 20.2 Å². The number of hydrogen-bond acceptors (Lipinski definition) is 1. The van der Waals surface area contributed by atoms with Gasteiger partial charge in [-0.3, -0.25) is 0 Å². The largest absolute Gasteiger partial charge is 0.507 e. The summed E-state index contributed by atoms with van der Waals surface area (Å²) < 4.78 is 0. The van der Waals surface area contributed by atoms with Crippen molar-refractivity contribution in [3.63, 3.8) is 0 Å². The van der Waals surface area contributed by atoms with Crippen molar-refractivity contribution in [3.8, 4) is 5.75 Å². The molecule has 1 nitrogen and oxygen atoms in total. The van der Waals surface area contributed by atoms with Gasteiger partial charge in [-0.1, -0.05) is 77.4 Å². The molecule has 2 aromatic carbocycles. The van der Waals surface area contributed by atoms with Crippen molar-refractivity contribution in [3.05, 3.63) is 63.7 Å². The van der Waals surface area contributed by atoms with Gasteiger partial charge in [-0.05, 0) is 52.5 Å². The summed E-state index contributed by atoms with van der Waals surface area (Å²) >= 11 is 0. The Labute approximate surface area is 147 Å². The van der Waals surface area contributed by atoms with Crippen molar-refractivity contribution in [2.75, 3.05) is 0 Å². The highest BCUT2D eigenvalue weighted by atomic mass is 16.3. The summed E-state index contributed by atoms with van der Waals surface area (Å²) in [5.41, 5.74) is 7.35. The summed E-state index contributed by atoms with van der Waals surface area (Å²) in [6.45, 7) is 17.5. The van der Waals surface area contributed by atoms with Gasteiger partial charge in [0.15, 0.2) is 0 Å². The Morgan fingerprint density at radius 1 is 0.750 bits per heavy atom. The van der Waals surface area contributed by atoms with Crippen LogP contribution in [0, 0.1) is 13.8 Å². The second-order valence-electron chi connectivity index (χ2n) is 9.18. The smallest absolute Gasteiger partial charge is 0.122 e. The lowest BCUT2D eigenvalue weighted by Gasteiger charge is -2.23. The molecule has 0 bridgehead atoms. The van der Waals surface area contributed by atoms with Gasteiger partial charge < -0.3 is 5.11 Å². The van der Waals surface area contributed by atoms with E-state index >= 15 is 0 Å². The monoisotopic (exact) mass is 324 g/mol. The number of phenols is 1. The average Bonchev–Trinajstić information content (AvgIpc) is 2.41. The Hall–Kier alpha value is -1.76. The fraction of sp³-hybridized carbons (Fsp3) is 0.478. The molecule has 0 amide bonds. The van der Waals surface area contributed by atoms with Crippen LogP contribution in [0.1, 0.15) is 74.9 Å². The zero-order valence-electron chi connectivity index (χ0n) is 16.5. The molecule has 1 heteroatoms. The standard InChI is InChI=1S/C23H32O/c1-15-9-17(13-19(10-15)22(3,4)5)12-18-14-20(23(6,7)8)11-16(2)21(18)24/h9-11,13-14,24H,12H2,1-8H3. The third-order valence-electron chi connectivity index (χ3n) is 4.64. The van der Waals surface area contributed by atoms with E-state index in [0.29, 0.717) is 5.75 Å². The first-order valence-electron chi connectivity index (χ1n) is 8.82. The number of aromatic hydroxyl groups is 1. The van der Waals surface area contributed by atoms with Crippen molar-refractivity contribution >= 4 is 0 Å². The van der Waals surface area contributed by atoms with Crippen molar-refractivity contribution in [2.24, 2.45) is 0 Å². The van der Waals surface area contributed by atoms with E-state index in [2.05, 4.69) is 78.8 Å². The summed E-state index contributed by atoms with van der Waals surface area (Å²) in [6, 6.07) is 11.1. The Balaban J connectivity index is 2.49. The second kappa shape index (κ2) is 6.27. The molecule has 0 saturated heterocycles. The summed E-state index contributed by atoms with van der Waals surface area (Å²) in [5, 5.41) is 10.5. The van der Waals surface area contributed by atoms with Gasteiger partial charge in [-0.15, -0.1) is 0 Å². The number of hydrogen-bond donors (Lipinski definition) is 1. The average molecular weight is 325 g/mol. The van der Waals surface area contributed by atoms with Gasteiger partial charge in [0.25, 0.3) is 0 Å². The molecule has 1 N–H and O–H groups in total. The van der Waals surface area contributed by atoms with Crippen LogP contribution in [0.3, 0.4) is 0 Å². The quantitative estimate of drug-likeness (QED) is 0.698. The molecule has 0 unspecified atom stereocenters. The molecule has 24 heavy (non-hydrogen) atoms. The molecule has 2 aromatic rings. The number of phenolic OH excluding ortho intramolecular Hbond substituents is 1. The lowest BCUT2D eigenvalue weighted by Crippen LogP contribution is -2.13. The number of benzene rings is 2. The fourth-order valence-corrected chi connectivity index (χ4v) is 3.04. The molecular formula is C23H32O. The van der Waals surface area contributed by atoms with Gasteiger partial charge in [0.2, 0.25) is 0 Å². The van der Waals surface area contributed by atoms with Gasteiger partial charge in [-0.2, -0.15) is 0 Å². The van der Waals surface area contributed by atoms with Crippen LogP contribution in [0.5, 0.6) is 5.75 Å². The minimum absolute atomic E-state index is 0.0797. The van der Waals surface area contributed by atoms with E-state index in [1.165, 1.54) is 22.3 Å². The third kappa shape index (κ3) is 4.20. The maximum atomic E-state index is 10.5. The van der Waals surface area contributed by atoms with Crippen molar-refractivity contribution < 1.29 is 5.11 Å². The van der Waals surface area contributed by atoms with E-state index in [1.807, 2.05) is 6.92 Å². The van der Waals surface area contributed by atoms with E-state index in [-0.39, 0.29) is 10.8 Å². The summed E-state index contributed by atoms with van der Waals surface area (Å²) in [7, 11) is 0. The zero-order chi connectivity index (χ0) is 18.3. The van der Waals surface area contributed by atoms with Gasteiger partial charge in [-0.25, -0.2) is 0 Å². The third-order valence-corrected chi connectivity index (χ3v) is 4.64. The minimum atomic E-state index is 0.0797. The number of aryl methyl sites for hydroxylation is 2. The molecule has 0 aliphatic carbocycles. The SMILES string of the molecule is Cc1cc(Cc2cc(C(C)(C)C)cc(C)c2O)cc(C(C)(C)C)c1. The first kappa shape index (κ1) is 18.6. The van der Waals surface area contributed by atoms with E-state index in [9.17, 15) is 5.11 Å². The first-order valence-corrected chi connectivity index (χ1v) is 8.82. The molecule has 0 heterocycles. The van der Waals surface area contributed by atoms with E-state index < -0.39 is 0 Å². The summed E-state index contributed by atoms with van der Waals surface area (Å²) in [5.74, 6) is 0.432. The molecule has 0 aliphatic heterocycles. The van der Waals surface area contributed by atoms with Gasteiger partial charge >= 0.3 is 0 Å². The Kier molecular flexibility index (Phi) is 4.86. The molecule has 0 radical (unpaired) electrons. The van der Waals surface area contributed by atoms with Crippen molar-refractivity contribution in [1.82, 2.24) is 0 Å². The lowest BCUT2D eigenvalue weighted by molar-refractivity contribution is 0.463. The highest BCUT2D eigenvalue weighted by Gasteiger charge is 2.19. The van der Waals surface area contributed by atoms with Crippen LogP contribution in [0.25, 0.3) is 0 Å². The van der Waals surface area contributed by atoms with Crippen LogP contribution in [0.15, 0.2) is 30.3 Å². The van der Waals surface area contributed by atoms with Crippen LogP contribution < -0.4 is 0 Å². The van der Waals surface area contributed by atoms with E-state index in [1.54, 1.807) is 0 Å². The Morgan fingerprint density at radius 2 is 1.29 bits per heavy atom. The molecule has 0 saturated carbocycles. The molecule has 0 aromatic heterocycles. The highest BCUT2D eigenvalue weighted by molar-refractivity contribution is 5.48. The maximum absolute atomic E-state index is 10.5. The van der Waals surface area contributed by atoms with Gasteiger partial charge in [0, 0.05) is 6.42 Å². The molecular weight excluding hydrogens is 292 g/mol. The molecule has 0 atom stereocenters. The number of rotatable bonds is 2. The van der Waals surface area contributed by atoms with Crippen LogP contribution in [-0.2, 0) is 17.3 Å². The Morgan fingerprint density at radius 3 is 1.83 bits per heavy atom. The van der Waals surface area contributed by atoms with E-state index in [4.69, 9.17) is 0 Å². The predicted octanol–water partition coefficient (Wildman–Crippen LogP) is 6.19. The molecule has 0 fully saturated rings. The second-order valence-corrected chi connectivity index (χ2v) is 9.18. The summed E-state index contributed by atoms with van der Waals surface area (Å²) in [6.07, 6.45) is 0.765. The van der Waals surface area contributed by atoms with Crippen molar-refractivity contribution in [2.45, 2.75) is 72.6 Å². The fourth-order valence-electron chi connectivity index (χ4n) is 3.04. The zero-order valence-corrected chi connectivity index (χ0v) is 16.5. The lowest BCUT2D eigenvalue weighted by atomic mass is 9.82. The van der Waals surface area contributed by atoms with Crippen LogP contribution >= 0.6 is 0 Å². The van der Waals surface area contributed by atoms with Gasteiger partial charge in [0.1, 0.15) is 5.75 Å². The molecule has 2 rings (SSSR count). The van der Waals surface area contributed by atoms with Gasteiger partial charge in [0.05, 0.1) is 0 Å². The molecule has 130 valence electrons. The molecule has 0 spiro atoms. The van der Waals surface area contributed by atoms with E-state index in [0.717, 1.165) is 17.5 Å². The normalized spacial score (nSPS) is 12.5.